The van der Waals surface area contributed by atoms with E-state index in [1.165, 1.54) is 0 Å². The van der Waals surface area contributed by atoms with Crippen LogP contribution in [0.2, 0.25) is 0 Å². The van der Waals surface area contributed by atoms with Gasteiger partial charge >= 0.3 is 0 Å². The van der Waals surface area contributed by atoms with Gasteiger partial charge in [-0.3, -0.25) is 4.79 Å². The molecule has 0 fully saturated rings. The fraction of sp³-hybridized carbons (Fsp3) is 0.533. The Morgan fingerprint density at radius 1 is 1.21 bits per heavy atom. The SMILES string of the molecule is CC[C@H](N)c1ccc(OCC(=O)N(CC)CC)cc1. The molecule has 1 rings (SSSR count). The topological polar surface area (TPSA) is 55.6 Å². The van der Waals surface area contributed by atoms with Crippen LogP contribution in [0.5, 0.6) is 5.75 Å². The maximum absolute atomic E-state index is 11.8. The standard InChI is InChI=1S/C15H24N2O2/c1-4-14(16)12-7-9-13(10-8-12)19-11-15(18)17(5-2)6-3/h7-10,14H,4-6,11,16H2,1-3H3/t14-/m0/s1. The molecule has 0 unspecified atom stereocenters. The minimum atomic E-state index is 0.0133. The maximum atomic E-state index is 11.8. The monoisotopic (exact) mass is 264 g/mol. The summed E-state index contributed by atoms with van der Waals surface area (Å²) in [5, 5.41) is 0. The van der Waals surface area contributed by atoms with Crippen LogP contribution in [0.1, 0.15) is 38.8 Å². The quantitative estimate of drug-likeness (QED) is 0.822. The Bertz CT molecular complexity index is 386. The van der Waals surface area contributed by atoms with Crippen LogP contribution in [-0.2, 0) is 4.79 Å². The Labute approximate surface area is 115 Å². The molecule has 0 aliphatic rings. The second-order valence-electron chi connectivity index (χ2n) is 4.44. The van der Waals surface area contributed by atoms with Crippen molar-refractivity contribution in [2.24, 2.45) is 5.73 Å². The summed E-state index contributed by atoms with van der Waals surface area (Å²) in [5.41, 5.74) is 7.03. The van der Waals surface area contributed by atoms with Gasteiger partial charge in [-0.25, -0.2) is 0 Å². The third-order valence-electron chi connectivity index (χ3n) is 3.23. The molecule has 106 valence electrons. The second-order valence-corrected chi connectivity index (χ2v) is 4.44. The summed E-state index contributed by atoms with van der Waals surface area (Å²) in [6.45, 7) is 7.48. The minimum Gasteiger partial charge on any atom is -0.484 e. The number of likely N-dealkylation sites (N-methyl/N-ethyl adjacent to an activating group) is 1. The van der Waals surface area contributed by atoms with Gasteiger partial charge < -0.3 is 15.4 Å². The average molecular weight is 264 g/mol. The highest BCUT2D eigenvalue weighted by Crippen LogP contribution is 2.18. The van der Waals surface area contributed by atoms with Gasteiger partial charge in [0.25, 0.3) is 5.91 Å². The van der Waals surface area contributed by atoms with Crippen LogP contribution >= 0.6 is 0 Å². The summed E-state index contributed by atoms with van der Waals surface area (Å²) in [6.07, 6.45) is 0.903. The summed E-state index contributed by atoms with van der Waals surface area (Å²) in [7, 11) is 0. The Kier molecular flexibility index (Phi) is 6.36. The Morgan fingerprint density at radius 2 is 1.79 bits per heavy atom. The number of ether oxygens (including phenoxy) is 1. The van der Waals surface area contributed by atoms with E-state index in [1.54, 1.807) is 4.90 Å². The number of hydrogen-bond donors (Lipinski definition) is 1. The summed E-state index contributed by atoms with van der Waals surface area (Å²) in [4.78, 5) is 13.5. The van der Waals surface area contributed by atoms with E-state index in [9.17, 15) is 4.79 Å². The van der Waals surface area contributed by atoms with Crippen molar-refractivity contribution < 1.29 is 9.53 Å². The van der Waals surface area contributed by atoms with Crippen LogP contribution < -0.4 is 10.5 Å². The normalized spacial score (nSPS) is 12.0. The smallest absolute Gasteiger partial charge is 0.260 e. The number of carbonyl (C=O) groups excluding carboxylic acids is 1. The summed E-state index contributed by atoms with van der Waals surface area (Å²) in [6, 6.07) is 7.68. The van der Waals surface area contributed by atoms with Crippen LogP contribution in [-0.4, -0.2) is 30.5 Å². The molecule has 19 heavy (non-hydrogen) atoms. The van der Waals surface area contributed by atoms with Crippen molar-refractivity contribution in [2.75, 3.05) is 19.7 Å². The van der Waals surface area contributed by atoms with E-state index in [0.29, 0.717) is 18.8 Å². The molecule has 0 heterocycles. The van der Waals surface area contributed by atoms with Gasteiger partial charge in [0.2, 0.25) is 0 Å². The molecule has 1 aromatic carbocycles. The number of nitrogens with zero attached hydrogens (tertiary/aromatic N) is 1. The maximum Gasteiger partial charge on any atom is 0.260 e. The fourth-order valence-corrected chi connectivity index (χ4v) is 1.86. The first-order valence-corrected chi connectivity index (χ1v) is 6.88. The molecular formula is C15H24N2O2. The van der Waals surface area contributed by atoms with Gasteiger partial charge in [-0.1, -0.05) is 19.1 Å². The molecular weight excluding hydrogens is 240 g/mol. The van der Waals surface area contributed by atoms with E-state index in [-0.39, 0.29) is 18.6 Å². The molecule has 0 aliphatic heterocycles. The first-order chi connectivity index (χ1) is 9.12. The predicted octanol–water partition coefficient (Wildman–Crippen LogP) is 2.34. The van der Waals surface area contributed by atoms with Crippen molar-refractivity contribution in [3.8, 4) is 5.75 Å². The van der Waals surface area contributed by atoms with Crippen molar-refractivity contribution in [1.29, 1.82) is 0 Å². The van der Waals surface area contributed by atoms with Crippen molar-refractivity contribution in [3.63, 3.8) is 0 Å². The molecule has 4 nitrogen and oxygen atoms in total. The zero-order chi connectivity index (χ0) is 14.3. The van der Waals surface area contributed by atoms with Crippen LogP contribution in [0, 0.1) is 0 Å². The Balaban J connectivity index is 2.52. The minimum absolute atomic E-state index is 0.0133. The van der Waals surface area contributed by atoms with Crippen molar-refractivity contribution in [3.05, 3.63) is 29.8 Å². The van der Waals surface area contributed by atoms with Crippen molar-refractivity contribution in [2.45, 2.75) is 33.2 Å². The van der Waals surface area contributed by atoms with Gasteiger partial charge in [-0.15, -0.1) is 0 Å². The highest BCUT2D eigenvalue weighted by molar-refractivity contribution is 5.77. The zero-order valence-corrected chi connectivity index (χ0v) is 12.1. The summed E-state index contributed by atoms with van der Waals surface area (Å²) in [5.74, 6) is 0.715. The third-order valence-corrected chi connectivity index (χ3v) is 3.23. The number of hydrogen-bond acceptors (Lipinski definition) is 3. The Hall–Kier alpha value is -1.55. The number of nitrogens with two attached hydrogens (primary N) is 1. The molecule has 0 aliphatic carbocycles. The van der Waals surface area contributed by atoms with E-state index < -0.39 is 0 Å². The number of benzene rings is 1. The Morgan fingerprint density at radius 3 is 2.26 bits per heavy atom. The van der Waals surface area contributed by atoms with Gasteiger partial charge in [-0.05, 0) is 38.0 Å². The van der Waals surface area contributed by atoms with Crippen LogP contribution in [0.15, 0.2) is 24.3 Å². The third kappa shape index (κ3) is 4.56. The van der Waals surface area contributed by atoms with E-state index in [4.69, 9.17) is 10.5 Å². The lowest BCUT2D eigenvalue weighted by molar-refractivity contribution is -0.132. The summed E-state index contributed by atoms with van der Waals surface area (Å²) < 4.78 is 5.49. The van der Waals surface area contributed by atoms with E-state index in [2.05, 4.69) is 6.92 Å². The second kappa shape index (κ2) is 7.79. The van der Waals surface area contributed by atoms with Gasteiger partial charge in [-0.2, -0.15) is 0 Å². The number of amides is 1. The molecule has 1 amide bonds. The molecule has 0 bridgehead atoms. The first-order valence-electron chi connectivity index (χ1n) is 6.88. The van der Waals surface area contributed by atoms with Gasteiger partial charge in [0.05, 0.1) is 0 Å². The molecule has 2 N–H and O–H groups in total. The highest BCUT2D eigenvalue weighted by atomic mass is 16.5. The largest absolute Gasteiger partial charge is 0.484 e. The molecule has 0 radical (unpaired) electrons. The first kappa shape index (κ1) is 15.5. The van der Waals surface area contributed by atoms with Crippen LogP contribution in [0.25, 0.3) is 0 Å². The lowest BCUT2D eigenvalue weighted by Gasteiger charge is -2.18. The molecule has 1 aromatic rings. The molecule has 0 spiro atoms. The zero-order valence-electron chi connectivity index (χ0n) is 12.1. The van der Waals surface area contributed by atoms with Crippen molar-refractivity contribution >= 4 is 5.91 Å². The van der Waals surface area contributed by atoms with E-state index >= 15 is 0 Å². The summed E-state index contributed by atoms with van der Waals surface area (Å²) >= 11 is 0. The molecule has 0 aromatic heterocycles. The van der Waals surface area contributed by atoms with Crippen LogP contribution in [0.4, 0.5) is 0 Å². The lowest BCUT2D eigenvalue weighted by Crippen LogP contribution is -2.34. The molecule has 4 heteroatoms. The van der Waals surface area contributed by atoms with E-state index in [0.717, 1.165) is 12.0 Å². The van der Waals surface area contributed by atoms with Gasteiger partial charge in [0, 0.05) is 19.1 Å². The fourth-order valence-electron chi connectivity index (χ4n) is 1.86. The van der Waals surface area contributed by atoms with Crippen LogP contribution in [0.3, 0.4) is 0 Å². The average Bonchev–Trinajstić information content (AvgIpc) is 2.46. The molecule has 1 atom stereocenters. The lowest BCUT2D eigenvalue weighted by atomic mass is 10.1. The number of carbonyl (C=O) groups is 1. The predicted molar refractivity (Wildman–Crippen MR) is 77.1 cm³/mol. The van der Waals surface area contributed by atoms with Crippen molar-refractivity contribution in [1.82, 2.24) is 4.90 Å². The molecule has 0 saturated carbocycles. The molecule has 0 saturated heterocycles. The van der Waals surface area contributed by atoms with E-state index in [1.807, 2.05) is 38.1 Å². The van der Waals surface area contributed by atoms with Gasteiger partial charge in [0.15, 0.2) is 6.61 Å². The number of rotatable bonds is 7. The van der Waals surface area contributed by atoms with Gasteiger partial charge in [0.1, 0.15) is 5.75 Å². The highest BCUT2D eigenvalue weighted by Gasteiger charge is 2.10.